The zero-order valence-electron chi connectivity index (χ0n) is 11.8. The molecule has 0 saturated heterocycles. The number of hydrogen-bond acceptors (Lipinski definition) is 4. The first-order chi connectivity index (χ1) is 8.80. The van der Waals surface area contributed by atoms with Gasteiger partial charge in [0.15, 0.2) is 9.84 Å². The second-order valence-corrected chi connectivity index (χ2v) is 7.02. The van der Waals surface area contributed by atoms with Gasteiger partial charge < -0.3 is 10.4 Å². The average molecular weight is 285 g/mol. The molecule has 1 rings (SSSR count). The fourth-order valence-corrected chi connectivity index (χ4v) is 2.47. The highest BCUT2D eigenvalue weighted by Gasteiger charge is 2.09. The summed E-state index contributed by atoms with van der Waals surface area (Å²) >= 11 is 0. The number of rotatable bonds is 7. The third-order valence-corrected chi connectivity index (χ3v) is 4.19. The fourth-order valence-electron chi connectivity index (χ4n) is 1.84. The van der Waals surface area contributed by atoms with E-state index in [0.29, 0.717) is 4.90 Å². The van der Waals surface area contributed by atoms with Crippen LogP contribution >= 0.6 is 0 Å². The van der Waals surface area contributed by atoms with Gasteiger partial charge in [0.05, 0.1) is 11.0 Å². The summed E-state index contributed by atoms with van der Waals surface area (Å²) in [7, 11) is -3.12. The first kappa shape index (κ1) is 16.1. The Hall–Kier alpha value is -0.910. The largest absolute Gasteiger partial charge is 0.393 e. The molecule has 2 unspecified atom stereocenters. The van der Waals surface area contributed by atoms with Crippen molar-refractivity contribution in [1.82, 2.24) is 5.32 Å². The molecule has 2 atom stereocenters. The van der Waals surface area contributed by atoms with Gasteiger partial charge in [0, 0.05) is 12.3 Å². The van der Waals surface area contributed by atoms with Crippen LogP contribution in [0.1, 0.15) is 38.3 Å². The van der Waals surface area contributed by atoms with Crippen LogP contribution in [0.3, 0.4) is 0 Å². The molecule has 5 heteroatoms. The van der Waals surface area contributed by atoms with Gasteiger partial charge in [-0.3, -0.25) is 0 Å². The summed E-state index contributed by atoms with van der Waals surface area (Å²) in [6, 6.07) is 7.12. The molecule has 0 aliphatic carbocycles. The minimum Gasteiger partial charge on any atom is -0.393 e. The molecule has 0 heterocycles. The summed E-state index contributed by atoms with van der Waals surface area (Å²) in [4.78, 5) is 0.345. The predicted molar refractivity (Wildman–Crippen MR) is 76.9 cm³/mol. The summed E-state index contributed by atoms with van der Waals surface area (Å²) in [5, 5.41) is 12.5. The lowest BCUT2D eigenvalue weighted by Gasteiger charge is -2.15. The van der Waals surface area contributed by atoms with Crippen molar-refractivity contribution in [3.63, 3.8) is 0 Å². The zero-order valence-corrected chi connectivity index (χ0v) is 12.6. The second-order valence-electron chi connectivity index (χ2n) is 5.01. The molecule has 108 valence electrons. The number of aliphatic hydroxyl groups is 1. The lowest BCUT2D eigenvalue weighted by atomic mass is 10.1. The van der Waals surface area contributed by atoms with Crippen LogP contribution in [0.25, 0.3) is 0 Å². The van der Waals surface area contributed by atoms with E-state index >= 15 is 0 Å². The molecule has 0 aliphatic heterocycles. The molecule has 0 bridgehead atoms. The van der Waals surface area contributed by atoms with Crippen LogP contribution in [0.2, 0.25) is 0 Å². The van der Waals surface area contributed by atoms with Crippen LogP contribution in [0.5, 0.6) is 0 Å². The lowest BCUT2D eigenvalue weighted by molar-refractivity contribution is 0.181. The Morgan fingerprint density at radius 3 is 2.26 bits per heavy atom. The highest BCUT2D eigenvalue weighted by atomic mass is 32.2. The summed E-state index contributed by atoms with van der Waals surface area (Å²) in [6.45, 7) is 4.66. The fraction of sp³-hybridized carbons (Fsp3) is 0.571. The van der Waals surface area contributed by atoms with Crippen LogP contribution in [-0.4, -0.2) is 32.4 Å². The van der Waals surface area contributed by atoms with Crippen molar-refractivity contribution in [3.05, 3.63) is 29.8 Å². The molecule has 2 N–H and O–H groups in total. The van der Waals surface area contributed by atoms with E-state index < -0.39 is 9.84 Å². The molecule has 19 heavy (non-hydrogen) atoms. The van der Waals surface area contributed by atoms with Gasteiger partial charge in [-0.1, -0.05) is 12.1 Å². The maximum Gasteiger partial charge on any atom is 0.175 e. The molecule has 0 aliphatic rings. The van der Waals surface area contributed by atoms with Crippen LogP contribution < -0.4 is 5.32 Å². The minimum atomic E-state index is -3.12. The third-order valence-electron chi connectivity index (χ3n) is 3.06. The van der Waals surface area contributed by atoms with Gasteiger partial charge in [-0.05, 0) is 50.9 Å². The Morgan fingerprint density at radius 2 is 1.79 bits per heavy atom. The molecule has 0 amide bonds. The van der Waals surface area contributed by atoms with Gasteiger partial charge in [0.2, 0.25) is 0 Å². The van der Waals surface area contributed by atoms with E-state index in [1.54, 1.807) is 19.1 Å². The normalized spacial score (nSPS) is 15.2. The predicted octanol–water partition coefficient (Wildman–Crippen LogP) is 1.90. The van der Waals surface area contributed by atoms with Gasteiger partial charge in [0.1, 0.15) is 0 Å². The van der Waals surface area contributed by atoms with E-state index in [4.69, 9.17) is 5.11 Å². The molecule has 0 saturated carbocycles. The number of hydrogen-bond donors (Lipinski definition) is 2. The first-order valence-corrected chi connectivity index (χ1v) is 8.41. The van der Waals surface area contributed by atoms with E-state index in [1.165, 1.54) is 6.26 Å². The van der Waals surface area contributed by atoms with Crippen molar-refractivity contribution in [2.45, 2.75) is 43.7 Å². The maximum absolute atomic E-state index is 11.3. The Labute approximate surface area is 115 Å². The highest BCUT2D eigenvalue weighted by Crippen LogP contribution is 2.16. The second kappa shape index (κ2) is 7.03. The maximum atomic E-state index is 11.3. The number of sulfone groups is 1. The van der Waals surface area contributed by atoms with E-state index in [1.807, 2.05) is 19.1 Å². The van der Waals surface area contributed by atoms with Gasteiger partial charge in [-0.15, -0.1) is 0 Å². The lowest BCUT2D eigenvalue weighted by Crippen LogP contribution is -2.20. The van der Waals surface area contributed by atoms with Gasteiger partial charge in [-0.2, -0.15) is 0 Å². The Morgan fingerprint density at radius 1 is 1.21 bits per heavy atom. The monoisotopic (exact) mass is 285 g/mol. The minimum absolute atomic E-state index is 0.169. The molecule has 0 spiro atoms. The third kappa shape index (κ3) is 5.72. The highest BCUT2D eigenvalue weighted by molar-refractivity contribution is 7.90. The molecule has 4 nitrogen and oxygen atoms in total. The van der Waals surface area contributed by atoms with Crippen molar-refractivity contribution < 1.29 is 13.5 Å². The summed E-state index contributed by atoms with van der Waals surface area (Å²) < 4.78 is 22.7. The topological polar surface area (TPSA) is 66.4 Å². The van der Waals surface area contributed by atoms with Crippen LogP contribution in [0.4, 0.5) is 0 Å². The Kier molecular flexibility index (Phi) is 5.97. The summed E-state index contributed by atoms with van der Waals surface area (Å²) in [6.07, 6.45) is 2.65. The zero-order chi connectivity index (χ0) is 14.5. The van der Waals surface area contributed by atoms with Gasteiger partial charge >= 0.3 is 0 Å². The smallest absolute Gasteiger partial charge is 0.175 e. The number of benzene rings is 1. The van der Waals surface area contributed by atoms with E-state index in [-0.39, 0.29) is 12.1 Å². The van der Waals surface area contributed by atoms with Crippen molar-refractivity contribution in [1.29, 1.82) is 0 Å². The number of nitrogens with one attached hydrogen (secondary N) is 1. The van der Waals surface area contributed by atoms with Gasteiger partial charge in [-0.25, -0.2) is 8.42 Å². The van der Waals surface area contributed by atoms with Crippen molar-refractivity contribution >= 4 is 9.84 Å². The molecule has 1 aromatic carbocycles. The van der Waals surface area contributed by atoms with E-state index in [9.17, 15) is 8.42 Å². The number of aliphatic hydroxyl groups excluding tert-OH is 1. The van der Waals surface area contributed by atoms with E-state index in [0.717, 1.165) is 24.9 Å². The quantitative estimate of drug-likeness (QED) is 0.751. The average Bonchev–Trinajstić information content (AvgIpc) is 2.33. The Bertz CT molecular complexity index is 480. The molecule has 1 aromatic rings. The van der Waals surface area contributed by atoms with Crippen LogP contribution in [-0.2, 0) is 9.84 Å². The van der Waals surface area contributed by atoms with Crippen molar-refractivity contribution in [2.24, 2.45) is 0 Å². The molecule has 0 aromatic heterocycles. The van der Waals surface area contributed by atoms with Crippen molar-refractivity contribution in [2.75, 3.05) is 12.8 Å². The summed E-state index contributed by atoms with van der Waals surface area (Å²) in [5.74, 6) is 0. The van der Waals surface area contributed by atoms with Crippen LogP contribution in [0.15, 0.2) is 29.2 Å². The first-order valence-electron chi connectivity index (χ1n) is 6.52. The Balaban J connectivity index is 2.51. The van der Waals surface area contributed by atoms with E-state index in [2.05, 4.69) is 5.32 Å². The SMILES string of the molecule is CC(O)CCCNC(C)c1ccc(S(C)(=O)=O)cc1. The van der Waals surface area contributed by atoms with Crippen LogP contribution in [0, 0.1) is 0 Å². The summed E-state index contributed by atoms with van der Waals surface area (Å²) in [5.41, 5.74) is 1.06. The standard InChI is InChI=1S/C14H23NO3S/c1-11(16)5-4-10-15-12(2)13-6-8-14(9-7-13)19(3,17)18/h6-9,11-12,15-16H,4-5,10H2,1-3H3. The van der Waals surface area contributed by atoms with Crippen molar-refractivity contribution in [3.8, 4) is 0 Å². The molecular formula is C14H23NO3S. The molecular weight excluding hydrogens is 262 g/mol. The van der Waals surface area contributed by atoms with Gasteiger partial charge in [0.25, 0.3) is 0 Å². The molecule has 0 fully saturated rings. The molecule has 0 radical (unpaired) electrons.